The van der Waals surface area contributed by atoms with Crippen molar-refractivity contribution in [2.75, 3.05) is 32.8 Å². The van der Waals surface area contributed by atoms with Crippen LogP contribution in [0, 0.1) is 0 Å². The lowest BCUT2D eigenvalue weighted by atomic mass is 10.1. The van der Waals surface area contributed by atoms with Crippen molar-refractivity contribution < 1.29 is 37.0 Å². The summed E-state index contributed by atoms with van der Waals surface area (Å²) in [7, 11) is 0.578. The summed E-state index contributed by atoms with van der Waals surface area (Å²) >= 11 is 0. The van der Waals surface area contributed by atoms with Crippen molar-refractivity contribution in [3.05, 3.63) is 41.5 Å². The average Bonchev–Trinajstić information content (AvgIpc) is 3.11. The molecule has 0 bridgehead atoms. The van der Waals surface area contributed by atoms with Crippen molar-refractivity contribution in [2.24, 2.45) is 5.14 Å². The fourth-order valence-electron chi connectivity index (χ4n) is 3.83. The molecule has 0 saturated carbocycles. The van der Waals surface area contributed by atoms with Crippen LogP contribution in [-0.4, -0.2) is 54.3 Å². The predicted molar refractivity (Wildman–Crippen MR) is 119 cm³/mol. The van der Waals surface area contributed by atoms with E-state index in [1.165, 1.54) is 44.4 Å². The van der Waals surface area contributed by atoms with Gasteiger partial charge in [-0.25, -0.2) is 13.6 Å². The van der Waals surface area contributed by atoms with Gasteiger partial charge in [0.05, 0.1) is 32.6 Å². The molecule has 3 rings (SSSR count). The van der Waals surface area contributed by atoms with Gasteiger partial charge in [-0.05, 0) is 54.8 Å². The smallest absolute Gasteiger partial charge is 0.310 e. The Kier molecular flexibility index (Phi) is 7.13. The highest BCUT2D eigenvalue weighted by atomic mass is 32.2. The van der Waals surface area contributed by atoms with Gasteiger partial charge in [-0.3, -0.25) is 9.59 Å². The number of nitrogens with zero attached hydrogens (tertiary/aromatic N) is 1. The lowest BCUT2D eigenvalue weighted by molar-refractivity contribution is -0.147. The normalized spacial score (nSPS) is 15.1. The molecule has 11 heteroatoms. The number of benzene rings is 2. The number of methoxy groups -OCH3 is 3. The van der Waals surface area contributed by atoms with Crippen LogP contribution in [0.15, 0.2) is 35.2 Å². The third kappa shape index (κ3) is 5.20. The van der Waals surface area contributed by atoms with Crippen molar-refractivity contribution in [3.63, 3.8) is 0 Å². The molecule has 0 spiro atoms. The van der Waals surface area contributed by atoms with Crippen LogP contribution in [0.1, 0.15) is 18.1 Å². The van der Waals surface area contributed by atoms with E-state index in [0.29, 0.717) is 40.5 Å². The Bertz CT molecular complexity index is 1150. The van der Waals surface area contributed by atoms with Crippen LogP contribution in [0.5, 0.6) is 17.2 Å². The Morgan fingerprint density at radius 3 is 2.24 bits per heavy atom. The fraction of sp³-hybridized carbons (Fsp3) is 0.364. The zero-order valence-corrected chi connectivity index (χ0v) is 19.6. The van der Waals surface area contributed by atoms with E-state index in [4.69, 9.17) is 24.1 Å². The zero-order chi connectivity index (χ0) is 24.3. The van der Waals surface area contributed by atoms with Crippen molar-refractivity contribution >= 4 is 27.6 Å². The molecule has 10 nitrogen and oxygen atoms in total. The number of carbonyl (C=O) groups is 2. The molecule has 0 unspecified atom stereocenters. The second-order valence-electron chi connectivity index (χ2n) is 7.52. The van der Waals surface area contributed by atoms with E-state index in [-0.39, 0.29) is 17.4 Å². The SMILES string of the molecule is COc1cc(CC(=O)OCC(=O)N2c3ccc(S(N)(=O)=O)cc3C[C@@H]2C)cc(OC)c1OC. The Hall–Kier alpha value is -3.31. The number of sulfonamides is 1. The molecular weight excluding hydrogens is 452 g/mol. The number of esters is 1. The van der Waals surface area contributed by atoms with Gasteiger partial charge in [0, 0.05) is 11.7 Å². The van der Waals surface area contributed by atoms with Crippen LogP contribution >= 0.6 is 0 Å². The number of nitrogens with two attached hydrogens (primary N) is 1. The summed E-state index contributed by atoms with van der Waals surface area (Å²) in [5, 5.41) is 5.19. The highest BCUT2D eigenvalue weighted by Crippen LogP contribution is 2.38. The molecule has 1 amide bonds. The summed E-state index contributed by atoms with van der Waals surface area (Å²) < 4.78 is 44.2. The summed E-state index contributed by atoms with van der Waals surface area (Å²) in [6.45, 7) is 1.37. The van der Waals surface area contributed by atoms with Gasteiger partial charge in [-0.1, -0.05) is 0 Å². The Balaban J connectivity index is 1.68. The van der Waals surface area contributed by atoms with E-state index in [1.807, 2.05) is 6.92 Å². The minimum atomic E-state index is -3.84. The number of ether oxygens (including phenoxy) is 4. The van der Waals surface area contributed by atoms with Crippen molar-refractivity contribution in [2.45, 2.75) is 30.7 Å². The van der Waals surface area contributed by atoms with E-state index >= 15 is 0 Å². The number of rotatable bonds is 8. The highest BCUT2D eigenvalue weighted by Gasteiger charge is 2.32. The number of amides is 1. The molecule has 2 aromatic carbocycles. The fourth-order valence-corrected chi connectivity index (χ4v) is 4.40. The summed E-state index contributed by atoms with van der Waals surface area (Å²) in [6.07, 6.45) is 0.359. The minimum Gasteiger partial charge on any atom is -0.493 e. The van der Waals surface area contributed by atoms with Gasteiger partial charge in [0.25, 0.3) is 5.91 Å². The number of carbonyl (C=O) groups excluding carboxylic acids is 2. The molecule has 1 aliphatic heterocycles. The second-order valence-corrected chi connectivity index (χ2v) is 9.08. The van der Waals surface area contributed by atoms with Crippen LogP contribution in [0.25, 0.3) is 0 Å². The lowest BCUT2D eigenvalue weighted by Gasteiger charge is -2.22. The topological polar surface area (TPSA) is 134 Å². The maximum atomic E-state index is 12.8. The molecule has 1 atom stereocenters. The van der Waals surface area contributed by atoms with Crippen molar-refractivity contribution in [1.29, 1.82) is 0 Å². The number of fused-ring (bicyclic) bond motifs is 1. The molecule has 0 aliphatic carbocycles. The van der Waals surface area contributed by atoms with E-state index in [1.54, 1.807) is 12.1 Å². The first-order valence-electron chi connectivity index (χ1n) is 10.0. The first-order chi connectivity index (χ1) is 15.6. The molecule has 33 heavy (non-hydrogen) atoms. The average molecular weight is 479 g/mol. The minimum absolute atomic E-state index is 0.0143. The number of hydrogen-bond donors (Lipinski definition) is 1. The van der Waals surface area contributed by atoms with Crippen LogP contribution in [-0.2, 0) is 37.2 Å². The summed E-state index contributed by atoms with van der Waals surface area (Å²) in [4.78, 5) is 26.7. The summed E-state index contributed by atoms with van der Waals surface area (Å²) in [5.74, 6) is 0.186. The molecule has 1 aliphatic rings. The number of primary sulfonamides is 1. The summed E-state index contributed by atoms with van der Waals surface area (Å²) in [5.41, 5.74) is 1.82. The first kappa shape index (κ1) is 24.3. The first-order valence-corrected chi connectivity index (χ1v) is 11.6. The van der Waals surface area contributed by atoms with Gasteiger partial charge < -0.3 is 23.8 Å². The third-order valence-corrected chi connectivity index (χ3v) is 6.20. The van der Waals surface area contributed by atoms with Gasteiger partial charge in [0.1, 0.15) is 0 Å². The Morgan fingerprint density at radius 1 is 1.06 bits per heavy atom. The summed E-state index contributed by atoms with van der Waals surface area (Å²) in [6, 6.07) is 7.39. The van der Waals surface area contributed by atoms with Crippen LogP contribution in [0.4, 0.5) is 5.69 Å². The van der Waals surface area contributed by atoms with E-state index in [0.717, 1.165) is 0 Å². The van der Waals surface area contributed by atoms with Crippen LogP contribution in [0.2, 0.25) is 0 Å². The molecule has 178 valence electrons. The van der Waals surface area contributed by atoms with Gasteiger partial charge in [0.2, 0.25) is 15.8 Å². The molecule has 1 heterocycles. The molecule has 0 radical (unpaired) electrons. The quantitative estimate of drug-likeness (QED) is 0.563. The van der Waals surface area contributed by atoms with Gasteiger partial charge in [-0.2, -0.15) is 0 Å². The zero-order valence-electron chi connectivity index (χ0n) is 18.8. The predicted octanol–water partition coefficient (Wildman–Crippen LogP) is 1.42. The molecule has 0 fully saturated rings. The lowest BCUT2D eigenvalue weighted by Crippen LogP contribution is -2.38. The Morgan fingerprint density at radius 2 is 1.70 bits per heavy atom. The molecular formula is C22H26N2O8S. The molecule has 0 saturated heterocycles. The maximum absolute atomic E-state index is 12.8. The number of hydrogen-bond acceptors (Lipinski definition) is 8. The molecule has 2 aromatic rings. The third-order valence-electron chi connectivity index (χ3n) is 5.29. The second kappa shape index (κ2) is 9.67. The number of anilines is 1. The monoisotopic (exact) mass is 478 g/mol. The van der Waals surface area contributed by atoms with Crippen molar-refractivity contribution in [1.82, 2.24) is 0 Å². The van der Waals surface area contributed by atoms with E-state index in [2.05, 4.69) is 0 Å². The Labute approximate surface area is 192 Å². The maximum Gasteiger partial charge on any atom is 0.310 e. The largest absolute Gasteiger partial charge is 0.493 e. The molecule has 0 aromatic heterocycles. The van der Waals surface area contributed by atoms with E-state index < -0.39 is 28.5 Å². The molecule has 2 N–H and O–H groups in total. The van der Waals surface area contributed by atoms with Crippen LogP contribution < -0.4 is 24.2 Å². The van der Waals surface area contributed by atoms with E-state index in [9.17, 15) is 18.0 Å². The standard InChI is InChI=1S/C22H26N2O8S/c1-13-7-15-11-16(33(23,27)28)5-6-17(15)24(13)20(25)12-32-21(26)10-14-8-18(29-2)22(31-4)19(9-14)30-3/h5-6,8-9,11,13H,7,10,12H2,1-4H3,(H2,23,27,28)/t13-/m0/s1. The van der Waals surface area contributed by atoms with Crippen molar-refractivity contribution in [3.8, 4) is 17.2 Å². The highest BCUT2D eigenvalue weighted by molar-refractivity contribution is 7.89. The van der Waals surface area contributed by atoms with Gasteiger partial charge >= 0.3 is 5.97 Å². The van der Waals surface area contributed by atoms with Gasteiger partial charge in [0.15, 0.2) is 18.1 Å². The van der Waals surface area contributed by atoms with Gasteiger partial charge in [-0.15, -0.1) is 0 Å². The van der Waals surface area contributed by atoms with Crippen LogP contribution in [0.3, 0.4) is 0 Å².